The first-order valence-electron chi connectivity index (χ1n) is 9.35. The molecule has 21 heavy (non-hydrogen) atoms. The highest BCUT2D eigenvalue weighted by Crippen LogP contribution is 2.61. The minimum atomic E-state index is -0.0696. The number of aliphatic hydroxyl groups excluding tert-OH is 1. The van der Waals surface area contributed by atoms with Crippen LogP contribution >= 0.6 is 0 Å². The summed E-state index contributed by atoms with van der Waals surface area (Å²) >= 11 is 0. The summed E-state index contributed by atoms with van der Waals surface area (Å²) in [6.07, 6.45) is 11.0. The number of hydrogen-bond acceptors (Lipinski definition) is 2. The third-order valence-corrected chi connectivity index (χ3v) is 7.20. The molecule has 1 saturated heterocycles. The van der Waals surface area contributed by atoms with Crippen LogP contribution < -0.4 is 0 Å². The summed E-state index contributed by atoms with van der Waals surface area (Å²) in [5.74, 6) is 2.84. The second-order valence-electron chi connectivity index (χ2n) is 9.80. The Kier molecular flexibility index (Phi) is 3.43. The van der Waals surface area contributed by atoms with E-state index in [-0.39, 0.29) is 6.10 Å². The van der Waals surface area contributed by atoms with Crippen molar-refractivity contribution >= 4 is 0 Å². The molecule has 120 valence electrons. The average molecular weight is 291 g/mol. The van der Waals surface area contributed by atoms with Gasteiger partial charge >= 0.3 is 0 Å². The lowest BCUT2D eigenvalue weighted by molar-refractivity contribution is -0.129. The summed E-state index contributed by atoms with van der Waals surface area (Å²) in [7, 11) is 0. The van der Waals surface area contributed by atoms with Crippen molar-refractivity contribution in [3.63, 3.8) is 0 Å². The van der Waals surface area contributed by atoms with Crippen LogP contribution in [0.4, 0.5) is 0 Å². The second kappa shape index (κ2) is 4.96. The van der Waals surface area contributed by atoms with E-state index in [1.807, 2.05) is 0 Å². The van der Waals surface area contributed by atoms with Crippen molar-refractivity contribution in [2.75, 3.05) is 19.6 Å². The van der Waals surface area contributed by atoms with Gasteiger partial charge in [-0.1, -0.05) is 13.8 Å². The summed E-state index contributed by atoms with van der Waals surface area (Å²) in [6.45, 7) is 8.09. The van der Waals surface area contributed by atoms with Gasteiger partial charge in [0.2, 0.25) is 0 Å². The molecule has 2 nitrogen and oxygen atoms in total. The van der Waals surface area contributed by atoms with Gasteiger partial charge in [-0.05, 0) is 86.5 Å². The van der Waals surface area contributed by atoms with Gasteiger partial charge in [0, 0.05) is 13.1 Å². The average Bonchev–Trinajstić information content (AvgIpc) is 2.35. The predicted octanol–water partition coefficient (Wildman–Crippen LogP) is 3.69. The van der Waals surface area contributed by atoms with Crippen molar-refractivity contribution in [2.45, 2.75) is 71.3 Å². The fourth-order valence-corrected chi connectivity index (χ4v) is 6.72. The van der Waals surface area contributed by atoms with Crippen molar-refractivity contribution in [3.8, 4) is 0 Å². The number of aliphatic hydroxyl groups is 1. The molecule has 0 spiro atoms. The van der Waals surface area contributed by atoms with E-state index in [1.54, 1.807) is 0 Å². The van der Waals surface area contributed by atoms with E-state index in [0.717, 1.165) is 24.3 Å². The molecular formula is C19H33NO. The summed E-state index contributed by atoms with van der Waals surface area (Å²) in [4.78, 5) is 2.56. The number of hydrogen-bond donors (Lipinski definition) is 1. The first-order chi connectivity index (χ1) is 9.94. The molecule has 5 rings (SSSR count). The van der Waals surface area contributed by atoms with E-state index in [9.17, 15) is 5.11 Å². The predicted molar refractivity (Wildman–Crippen MR) is 86.1 cm³/mol. The maximum atomic E-state index is 11.1. The Bertz CT molecular complexity index is 367. The fourth-order valence-electron chi connectivity index (χ4n) is 6.72. The van der Waals surface area contributed by atoms with Gasteiger partial charge in [0.25, 0.3) is 0 Å². The van der Waals surface area contributed by atoms with Crippen LogP contribution in [0.25, 0.3) is 0 Å². The molecule has 5 fully saturated rings. The van der Waals surface area contributed by atoms with E-state index in [0.29, 0.717) is 10.8 Å². The topological polar surface area (TPSA) is 23.5 Å². The lowest BCUT2D eigenvalue weighted by atomic mass is 9.48. The molecule has 4 aliphatic carbocycles. The highest BCUT2D eigenvalue weighted by Gasteiger charge is 2.54. The van der Waals surface area contributed by atoms with Crippen LogP contribution in [-0.4, -0.2) is 35.7 Å². The number of likely N-dealkylation sites (tertiary alicyclic amines) is 1. The van der Waals surface area contributed by atoms with Crippen LogP contribution in [0.2, 0.25) is 0 Å². The molecule has 1 N–H and O–H groups in total. The Hall–Kier alpha value is -0.0800. The SMILES string of the molecule is CC1(C)CCCN(CC(O)C23CC4CC(CC(C4)C2)C3)C1. The molecule has 4 bridgehead atoms. The Balaban J connectivity index is 1.44. The Morgan fingerprint density at radius 1 is 1.05 bits per heavy atom. The normalized spacial score (nSPS) is 46.7. The molecule has 1 heterocycles. The van der Waals surface area contributed by atoms with Crippen molar-refractivity contribution in [1.82, 2.24) is 4.90 Å². The Morgan fingerprint density at radius 3 is 2.14 bits per heavy atom. The molecule has 5 aliphatic rings. The van der Waals surface area contributed by atoms with Gasteiger partial charge in [-0.2, -0.15) is 0 Å². The van der Waals surface area contributed by atoms with Crippen molar-refractivity contribution in [2.24, 2.45) is 28.6 Å². The summed E-state index contributed by atoms with van der Waals surface area (Å²) in [5, 5.41) is 11.1. The minimum Gasteiger partial charge on any atom is -0.391 e. The molecule has 0 amide bonds. The molecule has 1 aliphatic heterocycles. The zero-order chi connectivity index (χ0) is 14.7. The first-order valence-corrected chi connectivity index (χ1v) is 9.35. The second-order valence-corrected chi connectivity index (χ2v) is 9.80. The number of β-amino-alcohol motifs (C(OH)–C–C–N with tert-alkyl or cyclic N) is 1. The van der Waals surface area contributed by atoms with E-state index in [2.05, 4.69) is 18.7 Å². The van der Waals surface area contributed by atoms with E-state index < -0.39 is 0 Å². The third kappa shape index (κ3) is 2.67. The molecule has 1 atom stereocenters. The standard InChI is InChI=1S/C19H33NO/c1-18(2)4-3-5-20(13-18)12-17(21)19-9-14-6-15(10-19)8-16(7-14)11-19/h14-17,21H,3-13H2,1-2H3. The maximum absolute atomic E-state index is 11.1. The number of nitrogens with zero attached hydrogens (tertiary/aromatic N) is 1. The van der Waals surface area contributed by atoms with Crippen LogP contribution in [0, 0.1) is 28.6 Å². The molecule has 0 aromatic heterocycles. The summed E-state index contributed by atoms with van der Waals surface area (Å²) in [5.41, 5.74) is 0.746. The maximum Gasteiger partial charge on any atom is 0.0723 e. The third-order valence-electron chi connectivity index (χ3n) is 7.20. The smallest absolute Gasteiger partial charge is 0.0723 e. The Morgan fingerprint density at radius 2 is 1.62 bits per heavy atom. The highest BCUT2D eigenvalue weighted by atomic mass is 16.3. The largest absolute Gasteiger partial charge is 0.391 e. The number of rotatable bonds is 3. The summed E-state index contributed by atoms with van der Waals surface area (Å²) < 4.78 is 0. The van der Waals surface area contributed by atoms with Crippen molar-refractivity contribution in [3.05, 3.63) is 0 Å². The monoisotopic (exact) mass is 291 g/mol. The first kappa shape index (κ1) is 14.5. The van der Waals surface area contributed by atoms with Crippen molar-refractivity contribution < 1.29 is 5.11 Å². The number of piperidine rings is 1. The minimum absolute atomic E-state index is 0.0696. The molecule has 0 radical (unpaired) electrons. The molecule has 0 aromatic carbocycles. The highest BCUT2D eigenvalue weighted by molar-refractivity contribution is 5.05. The van der Waals surface area contributed by atoms with Crippen LogP contribution in [0.5, 0.6) is 0 Å². The van der Waals surface area contributed by atoms with Gasteiger partial charge in [0.1, 0.15) is 0 Å². The lowest BCUT2D eigenvalue weighted by Crippen LogP contribution is -2.55. The molecule has 4 saturated carbocycles. The van der Waals surface area contributed by atoms with E-state index in [1.165, 1.54) is 64.5 Å². The molecular weight excluding hydrogens is 258 g/mol. The quantitative estimate of drug-likeness (QED) is 0.857. The van der Waals surface area contributed by atoms with Crippen molar-refractivity contribution in [1.29, 1.82) is 0 Å². The van der Waals surface area contributed by atoms with Crippen LogP contribution in [-0.2, 0) is 0 Å². The Labute approximate surface area is 130 Å². The van der Waals surface area contributed by atoms with Gasteiger partial charge in [-0.25, -0.2) is 0 Å². The molecule has 0 aromatic rings. The fraction of sp³-hybridized carbons (Fsp3) is 1.00. The zero-order valence-electron chi connectivity index (χ0n) is 14.0. The van der Waals surface area contributed by atoms with E-state index in [4.69, 9.17) is 0 Å². The van der Waals surface area contributed by atoms with Gasteiger partial charge in [0.05, 0.1) is 6.10 Å². The van der Waals surface area contributed by atoms with Gasteiger partial charge in [-0.15, -0.1) is 0 Å². The van der Waals surface area contributed by atoms with Gasteiger partial charge < -0.3 is 10.0 Å². The van der Waals surface area contributed by atoms with Crippen LogP contribution in [0.1, 0.15) is 65.2 Å². The summed E-state index contributed by atoms with van der Waals surface area (Å²) in [6, 6.07) is 0. The molecule has 2 heteroatoms. The zero-order valence-corrected chi connectivity index (χ0v) is 14.0. The van der Waals surface area contributed by atoms with Crippen LogP contribution in [0.15, 0.2) is 0 Å². The molecule has 1 unspecified atom stereocenters. The lowest BCUT2D eigenvalue weighted by Gasteiger charge is -2.59. The van der Waals surface area contributed by atoms with Gasteiger partial charge in [0.15, 0.2) is 0 Å². The van der Waals surface area contributed by atoms with E-state index >= 15 is 0 Å². The van der Waals surface area contributed by atoms with Gasteiger partial charge in [-0.3, -0.25) is 0 Å². The van der Waals surface area contributed by atoms with Crippen LogP contribution in [0.3, 0.4) is 0 Å².